The minimum Gasteiger partial charge on any atom is -0.326 e. The lowest BCUT2D eigenvalue weighted by Gasteiger charge is -2.42. The first-order valence-corrected chi connectivity index (χ1v) is 7.49. The lowest BCUT2D eigenvalue weighted by atomic mass is 9.90. The van der Waals surface area contributed by atoms with Gasteiger partial charge in [0.15, 0.2) is 0 Å². The molecule has 0 aromatic heterocycles. The summed E-state index contributed by atoms with van der Waals surface area (Å²) in [7, 11) is 0. The van der Waals surface area contributed by atoms with Crippen molar-refractivity contribution in [2.24, 2.45) is 11.7 Å². The zero-order valence-corrected chi connectivity index (χ0v) is 11.1. The second-order valence-electron chi connectivity index (χ2n) is 6.38. The number of nitrogens with two attached hydrogens (primary N) is 1. The molecule has 2 N–H and O–H groups in total. The summed E-state index contributed by atoms with van der Waals surface area (Å²) in [4.78, 5) is 5.44. The summed E-state index contributed by atoms with van der Waals surface area (Å²) in [5.41, 5.74) is 6.25. The van der Waals surface area contributed by atoms with Crippen molar-refractivity contribution in [3.05, 3.63) is 0 Å². The fourth-order valence-electron chi connectivity index (χ4n) is 4.07. The number of rotatable bonds is 1. The summed E-state index contributed by atoms with van der Waals surface area (Å²) in [5, 5.41) is 0. The molecule has 0 aromatic rings. The van der Waals surface area contributed by atoms with Gasteiger partial charge in [0.25, 0.3) is 0 Å². The Morgan fingerprint density at radius 3 is 2.47 bits per heavy atom. The molecule has 3 fully saturated rings. The van der Waals surface area contributed by atoms with Crippen molar-refractivity contribution < 1.29 is 0 Å². The quantitative estimate of drug-likeness (QED) is 0.746. The summed E-state index contributed by atoms with van der Waals surface area (Å²) in [5.74, 6) is 0.718. The van der Waals surface area contributed by atoms with Crippen molar-refractivity contribution in [1.82, 2.24) is 9.80 Å². The van der Waals surface area contributed by atoms with Gasteiger partial charge in [0, 0.05) is 31.2 Å². The second kappa shape index (κ2) is 4.87. The lowest BCUT2D eigenvalue weighted by molar-refractivity contribution is 0.0777. The van der Waals surface area contributed by atoms with Crippen molar-refractivity contribution in [1.29, 1.82) is 0 Å². The third-order valence-corrected chi connectivity index (χ3v) is 5.34. The van der Waals surface area contributed by atoms with Crippen molar-refractivity contribution in [3.8, 4) is 0 Å². The van der Waals surface area contributed by atoms with Gasteiger partial charge in [-0.1, -0.05) is 13.3 Å². The first kappa shape index (κ1) is 11.9. The highest BCUT2D eigenvalue weighted by molar-refractivity contribution is 4.97. The molecular formula is C14H27N3. The first-order valence-electron chi connectivity index (χ1n) is 7.49. The van der Waals surface area contributed by atoms with Crippen LogP contribution in [0.25, 0.3) is 0 Å². The highest BCUT2D eigenvalue weighted by Gasteiger charge is 2.40. The Kier molecular flexibility index (Phi) is 3.42. The van der Waals surface area contributed by atoms with Crippen molar-refractivity contribution in [2.45, 2.75) is 57.2 Å². The predicted molar refractivity (Wildman–Crippen MR) is 70.9 cm³/mol. The number of piperidine rings is 2. The Morgan fingerprint density at radius 2 is 1.65 bits per heavy atom. The number of likely N-dealkylation sites (tertiary alicyclic amines) is 1. The van der Waals surface area contributed by atoms with Gasteiger partial charge in [0.1, 0.15) is 0 Å². The Bertz CT molecular complexity index is 268. The third-order valence-electron chi connectivity index (χ3n) is 5.34. The van der Waals surface area contributed by atoms with E-state index in [1.54, 1.807) is 0 Å². The van der Waals surface area contributed by atoms with Gasteiger partial charge >= 0.3 is 0 Å². The maximum absolute atomic E-state index is 6.25. The smallest absolute Gasteiger partial charge is 0.0264 e. The molecule has 0 aromatic carbocycles. The van der Waals surface area contributed by atoms with E-state index in [4.69, 9.17) is 5.73 Å². The molecular weight excluding hydrogens is 210 g/mol. The van der Waals surface area contributed by atoms with E-state index in [1.807, 2.05) is 0 Å². The average Bonchev–Trinajstić information content (AvgIpc) is 2.76. The van der Waals surface area contributed by atoms with Gasteiger partial charge in [0.05, 0.1) is 0 Å². The number of nitrogens with zero attached hydrogens (tertiary/aromatic N) is 2. The molecule has 0 aliphatic carbocycles. The summed E-state index contributed by atoms with van der Waals surface area (Å²) in [6, 6.07) is 2.07. The molecule has 4 unspecified atom stereocenters. The van der Waals surface area contributed by atoms with Crippen molar-refractivity contribution in [3.63, 3.8) is 0 Å². The Labute approximate surface area is 105 Å². The van der Waals surface area contributed by atoms with Gasteiger partial charge < -0.3 is 5.73 Å². The molecule has 17 heavy (non-hydrogen) atoms. The van der Waals surface area contributed by atoms with Crippen LogP contribution in [0.4, 0.5) is 0 Å². The molecule has 3 saturated heterocycles. The molecule has 0 radical (unpaired) electrons. The van der Waals surface area contributed by atoms with Crippen LogP contribution in [0.15, 0.2) is 0 Å². The summed E-state index contributed by atoms with van der Waals surface area (Å²) in [6.45, 7) is 7.40. The maximum atomic E-state index is 6.25. The highest BCUT2D eigenvalue weighted by Crippen LogP contribution is 2.32. The lowest BCUT2D eigenvalue weighted by Crippen LogP contribution is -2.55. The van der Waals surface area contributed by atoms with Gasteiger partial charge in [-0.05, 0) is 44.7 Å². The van der Waals surface area contributed by atoms with Crippen LogP contribution in [-0.4, -0.2) is 54.1 Å². The Morgan fingerprint density at radius 1 is 0.882 bits per heavy atom. The summed E-state index contributed by atoms with van der Waals surface area (Å²) < 4.78 is 0. The molecule has 0 bridgehead atoms. The second-order valence-corrected chi connectivity index (χ2v) is 6.38. The standard InChI is InChI=1S/C14H27N3/c1-11-5-8-17(10-12(11)15)14-6-9-16-7-3-2-4-13(14)16/h11-14H,2-10,15H2,1H3. The van der Waals surface area contributed by atoms with Gasteiger partial charge in [-0.2, -0.15) is 0 Å². The molecule has 3 heteroatoms. The van der Waals surface area contributed by atoms with E-state index in [0.717, 1.165) is 24.5 Å². The molecule has 3 heterocycles. The van der Waals surface area contributed by atoms with E-state index in [-0.39, 0.29) is 0 Å². The third kappa shape index (κ3) is 2.25. The number of fused-ring (bicyclic) bond motifs is 1. The first-order chi connectivity index (χ1) is 8.25. The molecule has 0 amide bonds. The molecule has 0 spiro atoms. The molecule has 4 atom stereocenters. The van der Waals surface area contributed by atoms with Crippen LogP contribution in [0, 0.1) is 5.92 Å². The van der Waals surface area contributed by atoms with Gasteiger partial charge in [-0.15, -0.1) is 0 Å². The minimum absolute atomic E-state index is 0.404. The predicted octanol–water partition coefficient (Wildman–Crippen LogP) is 1.28. The van der Waals surface area contributed by atoms with Crippen LogP contribution in [0.5, 0.6) is 0 Å². The Balaban J connectivity index is 1.64. The SMILES string of the molecule is CC1CCN(C2CCN3CCCCC23)CC1N. The van der Waals surface area contributed by atoms with Gasteiger partial charge in [0.2, 0.25) is 0 Å². The van der Waals surface area contributed by atoms with E-state index in [1.165, 1.54) is 51.7 Å². The van der Waals surface area contributed by atoms with Crippen molar-refractivity contribution in [2.75, 3.05) is 26.2 Å². The van der Waals surface area contributed by atoms with E-state index >= 15 is 0 Å². The van der Waals surface area contributed by atoms with Crippen molar-refractivity contribution >= 4 is 0 Å². The monoisotopic (exact) mass is 237 g/mol. The van der Waals surface area contributed by atoms with E-state index in [9.17, 15) is 0 Å². The minimum atomic E-state index is 0.404. The van der Waals surface area contributed by atoms with Gasteiger partial charge in [-0.25, -0.2) is 0 Å². The number of hydrogen-bond donors (Lipinski definition) is 1. The van der Waals surface area contributed by atoms with Crippen LogP contribution in [0.2, 0.25) is 0 Å². The average molecular weight is 237 g/mol. The zero-order chi connectivity index (χ0) is 11.8. The Hall–Kier alpha value is -0.120. The summed E-state index contributed by atoms with van der Waals surface area (Å²) >= 11 is 0. The van der Waals surface area contributed by atoms with Crippen LogP contribution in [0.1, 0.15) is 39.0 Å². The molecule has 3 aliphatic heterocycles. The maximum Gasteiger partial charge on any atom is 0.0264 e. The van der Waals surface area contributed by atoms with E-state index in [0.29, 0.717) is 6.04 Å². The summed E-state index contributed by atoms with van der Waals surface area (Å²) in [6.07, 6.45) is 6.95. The molecule has 3 aliphatic rings. The van der Waals surface area contributed by atoms with Crippen LogP contribution < -0.4 is 5.73 Å². The van der Waals surface area contributed by atoms with Crippen LogP contribution >= 0.6 is 0 Å². The zero-order valence-electron chi connectivity index (χ0n) is 11.1. The fraction of sp³-hybridized carbons (Fsp3) is 1.00. The highest BCUT2D eigenvalue weighted by atomic mass is 15.3. The van der Waals surface area contributed by atoms with Crippen LogP contribution in [-0.2, 0) is 0 Å². The molecule has 98 valence electrons. The normalized spacial score (nSPS) is 44.8. The fourth-order valence-corrected chi connectivity index (χ4v) is 4.07. The largest absolute Gasteiger partial charge is 0.326 e. The van der Waals surface area contributed by atoms with Crippen LogP contribution in [0.3, 0.4) is 0 Å². The topological polar surface area (TPSA) is 32.5 Å². The molecule has 0 saturated carbocycles. The van der Waals surface area contributed by atoms with Gasteiger partial charge in [-0.3, -0.25) is 9.80 Å². The number of hydrogen-bond acceptors (Lipinski definition) is 3. The van der Waals surface area contributed by atoms with E-state index < -0.39 is 0 Å². The molecule has 3 nitrogen and oxygen atoms in total. The van der Waals surface area contributed by atoms with E-state index in [2.05, 4.69) is 16.7 Å². The molecule has 3 rings (SSSR count).